The van der Waals surface area contributed by atoms with Crippen molar-refractivity contribution in [3.63, 3.8) is 0 Å². The van der Waals surface area contributed by atoms with Crippen LogP contribution in [0.15, 0.2) is 60.8 Å². The highest BCUT2D eigenvalue weighted by molar-refractivity contribution is 7.17. The predicted octanol–water partition coefficient (Wildman–Crippen LogP) is 4.80. The highest BCUT2D eigenvalue weighted by atomic mass is 32.1. The average molecular weight is 349 g/mol. The minimum Gasteiger partial charge on any atom is -0.487 e. The van der Waals surface area contributed by atoms with Gasteiger partial charge < -0.3 is 9.64 Å². The summed E-state index contributed by atoms with van der Waals surface area (Å²) >= 11 is 1.63. The quantitative estimate of drug-likeness (QED) is 0.530. The molecule has 126 valence electrons. The lowest BCUT2D eigenvalue weighted by Crippen LogP contribution is -2.09. The van der Waals surface area contributed by atoms with Crippen LogP contribution in [0.4, 0.5) is 5.69 Å². The molecule has 0 unspecified atom stereocenters. The number of pyridine rings is 1. The summed E-state index contributed by atoms with van der Waals surface area (Å²) in [5.41, 5.74) is 5.26. The fourth-order valence-corrected chi connectivity index (χ4v) is 3.75. The molecule has 1 aromatic carbocycles. The second-order valence-corrected chi connectivity index (χ2v) is 7.05. The normalized spacial score (nSPS) is 11.0. The van der Waals surface area contributed by atoms with Crippen LogP contribution >= 0.6 is 11.3 Å². The molecule has 4 aromatic rings. The van der Waals surface area contributed by atoms with Gasteiger partial charge in [-0.05, 0) is 24.3 Å². The second-order valence-electron chi connectivity index (χ2n) is 6.01. The Bertz CT molecular complexity index is 1020. The first kappa shape index (κ1) is 15.7. The number of benzene rings is 1. The molecule has 5 heteroatoms. The zero-order valence-electron chi connectivity index (χ0n) is 14.4. The van der Waals surface area contributed by atoms with Gasteiger partial charge in [-0.25, -0.2) is 4.98 Å². The Morgan fingerprint density at radius 2 is 1.80 bits per heavy atom. The topological polar surface area (TPSA) is 29.8 Å². The summed E-state index contributed by atoms with van der Waals surface area (Å²) in [6.07, 6.45) is 2.14. The van der Waals surface area contributed by atoms with E-state index in [4.69, 9.17) is 9.72 Å². The summed E-state index contributed by atoms with van der Waals surface area (Å²) < 4.78 is 7.56. The molecule has 4 nitrogen and oxygen atoms in total. The molecule has 0 bridgehead atoms. The molecule has 0 aliphatic carbocycles. The van der Waals surface area contributed by atoms with Gasteiger partial charge >= 0.3 is 0 Å². The van der Waals surface area contributed by atoms with Crippen molar-refractivity contribution in [3.05, 3.63) is 60.8 Å². The van der Waals surface area contributed by atoms with E-state index in [0.717, 1.165) is 38.2 Å². The van der Waals surface area contributed by atoms with Crippen molar-refractivity contribution in [2.75, 3.05) is 26.1 Å². The van der Waals surface area contributed by atoms with Gasteiger partial charge in [-0.3, -0.25) is 4.40 Å². The molecule has 0 amide bonds. The summed E-state index contributed by atoms with van der Waals surface area (Å²) in [7, 11) is 5.79. The molecule has 0 saturated heterocycles. The largest absolute Gasteiger partial charge is 0.487 e. The Hall–Kier alpha value is -2.79. The first-order chi connectivity index (χ1) is 12.2. The number of hydrogen-bond acceptors (Lipinski definition) is 4. The van der Waals surface area contributed by atoms with Crippen LogP contribution in [-0.4, -0.2) is 30.6 Å². The third-order valence-corrected chi connectivity index (χ3v) is 5.24. The summed E-state index contributed by atoms with van der Waals surface area (Å²) in [6, 6.07) is 18.6. The van der Waals surface area contributed by atoms with Gasteiger partial charge in [0.2, 0.25) is 0 Å². The van der Waals surface area contributed by atoms with Crippen molar-refractivity contribution in [3.8, 4) is 26.9 Å². The fourth-order valence-electron chi connectivity index (χ4n) is 2.89. The Morgan fingerprint density at radius 1 is 1.00 bits per heavy atom. The summed E-state index contributed by atoms with van der Waals surface area (Å²) in [6.45, 7) is 0. The summed E-state index contributed by atoms with van der Waals surface area (Å²) in [5.74, 6) is 0. The minimum absolute atomic E-state index is 0.896. The average Bonchev–Trinajstić information content (AvgIpc) is 3.25. The lowest BCUT2D eigenvalue weighted by atomic mass is 10.1. The molecule has 0 radical (unpaired) electrons. The van der Waals surface area contributed by atoms with Crippen molar-refractivity contribution in [1.29, 1.82) is 0 Å². The van der Waals surface area contributed by atoms with E-state index in [1.165, 1.54) is 0 Å². The monoisotopic (exact) mass is 349 g/mol. The summed E-state index contributed by atoms with van der Waals surface area (Å²) in [4.78, 5) is 8.14. The first-order valence-electron chi connectivity index (χ1n) is 8.06. The maximum absolute atomic E-state index is 5.39. The van der Waals surface area contributed by atoms with Crippen LogP contribution in [-0.2, 0) is 0 Å². The number of nitrogens with zero attached hydrogens (tertiary/aromatic N) is 3. The molecule has 25 heavy (non-hydrogen) atoms. The highest BCUT2D eigenvalue weighted by Gasteiger charge is 2.18. The van der Waals surface area contributed by atoms with E-state index < -0.39 is 0 Å². The van der Waals surface area contributed by atoms with E-state index in [2.05, 4.69) is 45.8 Å². The SMILES string of the molecule is COc1ccc(-c2c(-c3ccccc3)nc3ccc(N(C)C)cn23)s1. The van der Waals surface area contributed by atoms with Crippen LogP contribution in [0.5, 0.6) is 5.06 Å². The number of anilines is 1. The summed E-state index contributed by atoms with van der Waals surface area (Å²) in [5, 5.41) is 0.896. The van der Waals surface area contributed by atoms with Gasteiger partial charge in [-0.15, -0.1) is 0 Å². The molecule has 0 N–H and O–H groups in total. The van der Waals surface area contributed by atoms with Crippen molar-refractivity contribution < 1.29 is 4.74 Å². The van der Waals surface area contributed by atoms with Gasteiger partial charge in [-0.2, -0.15) is 0 Å². The molecule has 0 fully saturated rings. The molecular weight excluding hydrogens is 330 g/mol. The maximum atomic E-state index is 5.39. The number of rotatable bonds is 4. The first-order valence-corrected chi connectivity index (χ1v) is 8.88. The molecule has 0 aliphatic rings. The standard InChI is InChI=1S/C20H19N3OS/c1-22(2)15-9-11-17-21-19(14-7-5-4-6-8-14)20(23(17)13-15)16-10-12-18(24-3)25-16/h4-13H,1-3H3. The van der Waals surface area contributed by atoms with Crippen molar-refractivity contribution >= 4 is 22.7 Å². The van der Waals surface area contributed by atoms with Crippen LogP contribution in [0.1, 0.15) is 0 Å². The van der Waals surface area contributed by atoms with Crippen LogP contribution in [0, 0.1) is 0 Å². The van der Waals surface area contributed by atoms with E-state index in [1.807, 2.05) is 38.4 Å². The number of thiophene rings is 1. The van der Waals surface area contributed by atoms with E-state index in [0.29, 0.717) is 0 Å². The van der Waals surface area contributed by atoms with Crippen LogP contribution in [0.2, 0.25) is 0 Å². The third kappa shape index (κ3) is 2.76. The smallest absolute Gasteiger partial charge is 0.173 e. The zero-order valence-corrected chi connectivity index (χ0v) is 15.2. The lowest BCUT2D eigenvalue weighted by molar-refractivity contribution is 0.427. The third-order valence-electron chi connectivity index (χ3n) is 4.18. The number of methoxy groups -OCH3 is 1. The Balaban J connectivity index is 2.02. The maximum Gasteiger partial charge on any atom is 0.173 e. The molecule has 3 aromatic heterocycles. The van der Waals surface area contributed by atoms with E-state index >= 15 is 0 Å². The zero-order chi connectivity index (χ0) is 17.4. The lowest BCUT2D eigenvalue weighted by Gasteiger charge is -2.13. The number of fused-ring (bicyclic) bond motifs is 1. The van der Waals surface area contributed by atoms with Crippen LogP contribution < -0.4 is 9.64 Å². The molecule has 0 saturated carbocycles. The highest BCUT2D eigenvalue weighted by Crippen LogP contribution is 2.39. The van der Waals surface area contributed by atoms with Crippen LogP contribution in [0.25, 0.3) is 27.5 Å². The van der Waals surface area contributed by atoms with Crippen molar-refractivity contribution in [2.24, 2.45) is 0 Å². The van der Waals surface area contributed by atoms with Crippen molar-refractivity contribution in [2.45, 2.75) is 0 Å². The van der Waals surface area contributed by atoms with E-state index in [-0.39, 0.29) is 0 Å². The molecule has 0 spiro atoms. The Labute approximate surface area is 150 Å². The minimum atomic E-state index is 0.896. The fraction of sp³-hybridized carbons (Fsp3) is 0.150. The Morgan fingerprint density at radius 3 is 2.48 bits per heavy atom. The van der Waals surface area contributed by atoms with Crippen molar-refractivity contribution in [1.82, 2.24) is 9.38 Å². The van der Waals surface area contributed by atoms with E-state index in [1.54, 1.807) is 18.4 Å². The number of hydrogen-bond donors (Lipinski definition) is 0. The molecule has 3 heterocycles. The molecular formula is C20H19N3OS. The van der Waals surface area contributed by atoms with Gasteiger partial charge in [0, 0.05) is 25.9 Å². The number of imidazole rings is 1. The van der Waals surface area contributed by atoms with Gasteiger partial charge in [0.05, 0.1) is 29.1 Å². The van der Waals surface area contributed by atoms with Crippen LogP contribution in [0.3, 0.4) is 0 Å². The van der Waals surface area contributed by atoms with E-state index in [9.17, 15) is 0 Å². The molecule has 4 rings (SSSR count). The molecule has 0 aliphatic heterocycles. The van der Waals surface area contributed by atoms with Gasteiger partial charge in [0.25, 0.3) is 0 Å². The van der Waals surface area contributed by atoms with Gasteiger partial charge in [0.1, 0.15) is 5.65 Å². The second kappa shape index (κ2) is 6.26. The van der Waals surface area contributed by atoms with Gasteiger partial charge in [-0.1, -0.05) is 41.7 Å². The molecule has 0 atom stereocenters. The number of ether oxygens (including phenoxy) is 1. The number of aromatic nitrogens is 2. The predicted molar refractivity (Wildman–Crippen MR) is 105 cm³/mol. The van der Waals surface area contributed by atoms with Gasteiger partial charge in [0.15, 0.2) is 5.06 Å². The Kier molecular flexibility index (Phi) is 3.93.